The molecule has 0 aromatic carbocycles. The van der Waals surface area contributed by atoms with Gasteiger partial charge >= 0.3 is 0 Å². The Morgan fingerprint density at radius 3 is 2.56 bits per heavy atom. The molecule has 0 amide bonds. The summed E-state index contributed by atoms with van der Waals surface area (Å²) in [6.07, 6.45) is 4.27. The van der Waals surface area contributed by atoms with Crippen LogP contribution in [0.5, 0.6) is 0 Å². The van der Waals surface area contributed by atoms with Crippen LogP contribution in [0.1, 0.15) is 39.5 Å². The van der Waals surface area contributed by atoms with Gasteiger partial charge < -0.3 is 21.2 Å². The fourth-order valence-electron chi connectivity index (χ4n) is 2.33. The lowest BCUT2D eigenvalue weighted by Gasteiger charge is -2.19. The Balaban J connectivity index is 2.07. The summed E-state index contributed by atoms with van der Waals surface area (Å²) in [6, 6.07) is 0. The molecule has 0 saturated heterocycles. The van der Waals surface area contributed by atoms with Crippen LogP contribution in [0.3, 0.4) is 0 Å². The lowest BCUT2D eigenvalue weighted by Crippen LogP contribution is -2.31. The molecule has 1 saturated carbocycles. The molecule has 5 heteroatoms. The number of rotatable bonds is 10. The van der Waals surface area contributed by atoms with Gasteiger partial charge in [-0.05, 0) is 50.9 Å². The minimum Gasteiger partial charge on any atom is -0.409 e. The smallest absolute Gasteiger partial charge is 0.139 e. The van der Waals surface area contributed by atoms with E-state index < -0.39 is 0 Å². The minimum atomic E-state index is 0.269. The van der Waals surface area contributed by atoms with Crippen molar-refractivity contribution in [2.45, 2.75) is 39.5 Å². The second-order valence-corrected chi connectivity index (χ2v) is 5.33. The summed E-state index contributed by atoms with van der Waals surface area (Å²) in [5.41, 5.74) is 5.84. The first kappa shape index (κ1) is 15.2. The molecule has 106 valence electrons. The standard InChI is InChI=1S/C13H28N4O/c1-3-17(4-2)9-5-8-15-11-13(6-7-13)10-12(14)16-18/h15,18H,3-11H2,1-2H3,(H2,14,16). The summed E-state index contributed by atoms with van der Waals surface area (Å²) in [5, 5.41) is 15.2. The predicted octanol–water partition coefficient (Wildman–Crippen LogP) is 1.22. The molecule has 0 heterocycles. The molecule has 0 aliphatic heterocycles. The van der Waals surface area contributed by atoms with E-state index in [9.17, 15) is 0 Å². The van der Waals surface area contributed by atoms with Gasteiger partial charge in [0.1, 0.15) is 5.84 Å². The molecule has 1 fully saturated rings. The summed E-state index contributed by atoms with van der Waals surface area (Å²) in [7, 11) is 0. The Hall–Kier alpha value is -0.810. The fraction of sp³-hybridized carbons (Fsp3) is 0.923. The van der Waals surface area contributed by atoms with Crippen LogP contribution >= 0.6 is 0 Å². The Morgan fingerprint density at radius 1 is 1.39 bits per heavy atom. The van der Waals surface area contributed by atoms with E-state index in [1.54, 1.807) is 0 Å². The molecule has 0 radical (unpaired) electrons. The molecule has 0 unspecified atom stereocenters. The van der Waals surface area contributed by atoms with E-state index in [0.717, 1.165) is 32.7 Å². The highest BCUT2D eigenvalue weighted by molar-refractivity contribution is 5.80. The van der Waals surface area contributed by atoms with Crippen LogP contribution in [-0.2, 0) is 0 Å². The lowest BCUT2D eigenvalue weighted by atomic mass is 10.0. The molecule has 18 heavy (non-hydrogen) atoms. The summed E-state index contributed by atoms with van der Waals surface area (Å²) < 4.78 is 0. The zero-order valence-corrected chi connectivity index (χ0v) is 11.8. The largest absolute Gasteiger partial charge is 0.409 e. The summed E-state index contributed by atoms with van der Waals surface area (Å²) in [6.45, 7) is 9.86. The fourth-order valence-corrected chi connectivity index (χ4v) is 2.33. The SMILES string of the molecule is CCN(CC)CCCNCC1(CC(N)=NO)CC1. The number of hydrogen-bond acceptors (Lipinski definition) is 4. The highest BCUT2D eigenvalue weighted by Gasteiger charge is 2.42. The zero-order valence-electron chi connectivity index (χ0n) is 11.8. The third kappa shape index (κ3) is 5.23. The van der Waals surface area contributed by atoms with Crippen LogP contribution in [-0.4, -0.2) is 48.7 Å². The summed E-state index contributed by atoms with van der Waals surface area (Å²) >= 11 is 0. The van der Waals surface area contributed by atoms with Gasteiger partial charge in [0.05, 0.1) is 0 Å². The van der Waals surface area contributed by atoms with Gasteiger partial charge in [-0.1, -0.05) is 19.0 Å². The first-order valence-corrected chi connectivity index (χ1v) is 7.05. The third-order valence-corrected chi connectivity index (χ3v) is 3.86. The van der Waals surface area contributed by atoms with E-state index in [-0.39, 0.29) is 5.41 Å². The van der Waals surface area contributed by atoms with Crippen molar-refractivity contribution in [2.75, 3.05) is 32.7 Å². The predicted molar refractivity (Wildman–Crippen MR) is 75.0 cm³/mol. The molecule has 1 aliphatic rings. The first-order valence-electron chi connectivity index (χ1n) is 7.05. The van der Waals surface area contributed by atoms with E-state index in [0.29, 0.717) is 12.3 Å². The Morgan fingerprint density at radius 2 is 2.06 bits per heavy atom. The van der Waals surface area contributed by atoms with Gasteiger partial charge in [0.2, 0.25) is 0 Å². The van der Waals surface area contributed by atoms with Gasteiger partial charge in [-0.15, -0.1) is 0 Å². The van der Waals surface area contributed by atoms with Crippen LogP contribution in [0, 0.1) is 5.41 Å². The van der Waals surface area contributed by atoms with Crippen molar-refractivity contribution in [3.63, 3.8) is 0 Å². The van der Waals surface area contributed by atoms with E-state index >= 15 is 0 Å². The second kappa shape index (κ2) is 7.59. The Kier molecular flexibility index (Phi) is 6.43. The molecule has 0 spiro atoms. The molecule has 0 atom stereocenters. The monoisotopic (exact) mass is 256 g/mol. The maximum absolute atomic E-state index is 8.59. The second-order valence-electron chi connectivity index (χ2n) is 5.33. The highest BCUT2D eigenvalue weighted by Crippen LogP contribution is 2.48. The van der Waals surface area contributed by atoms with Crippen LogP contribution in [0.2, 0.25) is 0 Å². The van der Waals surface area contributed by atoms with Crippen LogP contribution in [0.25, 0.3) is 0 Å². The van der Waals surface area contributed by atoms with Gasteiger partial charge in [-0.25, -0.2) is 0 Å². The Bertz CT molecular complexity index is 260. The van der Waals surface area contributed by atoms with Crippen molar-refractivity contribution in [1.82, 2.24) is 10.2 Å². The number of amidine groups is 1. The van der Waals surface area contributed by atoms with Gasteiger partial charge in [0, 0.05) is 13.0 Å². The number of nitrogens with zero attached hydrogens (tertiary/aromatic N) is 2. The average Bonchev–Trinajstić information content (AvgIpc) is 3.13. The number of nitrogens with one attached hydrogen (secondary N) is 1. The van der Waals surface area contributed by atoms with Gasteiger partial charge in [0.25, 0.3) is 0 Å². The molecule has 5 nitrogen and oxygen atoms in total. The average molecular weight is 256 g/mol. The van der Waals surface area contributed by atoms with Crippen molar-refractivity contribution in [1.29, 1.82) is 0 Å². The molecule has 0 aromatic rings. The van der Waals surface area contributed by atoms with Gasteiger partial charge in [-0.3, -0.25) is 0 Å². The van der Waals surface area contributed by atoms with Crippen LogP contribution in [0.15, 0.2) is 5.16 Å². The van der Waals surface area contributed by atoms with E-state index in [1.807, 2.05) is 0 Å². The van der Waals surface area contributed by atoms with Crippen molar-refractivity contribution in [3.05, 3.63) is 0 Å². The molecule has 0 bridgehead atoms. The van der Waals surface area contributed by atoms with Crippen LogP contribution in [0.4, 0.5) is 0 Å². The van der Waals surface area contributed by atoms with Crippen molar-refractivity contribution in [3.8, 4) is 0 Å². The van der Waals surface area contributed by atoms with E-state index in [1.165, 1.54) is 19.3 Å². The third-order valence-electron chi connectivity index (χ3n) is 3.86. The molecule has 1 aliphatic carbocycles. The summed E-state index contributed by atoms with van der Waals surface area (Å²) in [5.74, 6) is 0.359. The zero-order chi connectivity index (χ0) is 13.4. The maximum atomic E-state index is 8.59. The number of nitrogens with two attached hydrogens (primary N) is 1. The molecule has 0 aromatic heterocycles. The lowest BCUT2D eigenvalue weighted by molar-refractivity contribution is 0.295. The highest BCUT2D eigenvalue weighted by atomic mass is 16.4. The Labute approximate surface area is 110 Å². The molecule has 1 rings (SSSR count). The first-order chi connectivity index (χ1) is 8.65. The quantitative estimate of drug-likeness (QED) is 0.181. The van der Waals surface area contributed by atoms with Crippen LogP contribution < -0.4 is 11.1 Å². The number of oxime groups is 1. The van der Waals surface area contributed by atoms with Crippen molar-refractivity contribution >= 4 is 5.84 Å². The summed E-state index contributed by atoms with van der Waals surface area (Å²) in [4.78, 5) is 2.44. The van der Waals surface area contributed by atoms with E-state index in [4.69, 9.17) is 10.9 Å². The minimum absolute atomic E-state index is 0.269. The topological polar surface area (TPSA) is 73.9 Å². The normalized spacial score (nSPS) is 18.3. The molecular formula is C13H28N4O. The maximum Gasteiger partial charge on any atom is 0.139 e. The van der Waals surface area contributed by atoms with Gasteiger partial charge in [-0.2, -0.15) is 0 Å². The number of hydrogen-bond donors (Lipinski definition) is 3. The van der Waals surface area contributed by atoms with Gasteiger partial charge in [0.15, 0.2) is 0 Å². The van der Waals surface area contributed by atoms with Crippen molar-refractivity contribution < 1.29 is 5.21 Å². The molecular weight excluding hydrogens is 228 g/mol. The van der Waals surface area contributed by atoms with E-state index in [2.05, 4.69) is 29.2 Å². The van der Waals surface area contributed by atoms with Crippen molar-refractivity contribution in [2.24, 2.45) is 16.3 Å². The molecule has 4 N–H and O–H groups in total.